The van der Waals surface area contributed by atoms with Crippen LogP contribution < -0.4 is 16.2 Å². The molecule has 0 bridgehead atoms. The number of pyridine rings is 1. The minimum atomic E-state index is -0.509. The maximum Gasteiger partial charge on any atom is 0.256 e. The first kappa shape index (κ1) is 20.4. The SMILES string of the molecule is CN(C)CCCOc1cccc(CC(C(=O)N=C(N)N)c2cccnc2)c1. The van der Waals surface area contributed by atoms with E-state index in [0.717, 1.165) is 29.8 Å². The van der Waals surface area contributed by atoms with E-state index < -0.39 is 5.92 Å². The summed E-state index contributed by atoms with van der Waals surface area (Å²) in [5, 5.41) is 0. The average molecular weight is 369 g/mol. The fourth-order valence-corrected chi connectivity index (χ4v) is 2.70. The van der Waals surface area contributed by atoms with Crippen LogP contribution in [0.15, 0.2) is 53.8 Å². The van der Waals surface area contributed by atoms with Crippen LogP contribution in [0.3, 0.4) is 0 Å². The number of hydrogen-bond acceptors (Lipinski definition) is 4. The number of amides is 1. The highest BCUT2D eigenvalue weighted by atomic mass is 16.5. The summed E-state index contributed by atoms with van der Waals surface area (Å²) in [7, 11) is 4.07. The number of guanidine groups is 1. The third-order valence-corrected chi connectivity index (χ3v) is 3.98. The summed E-state index contributed by atoms with van der Waals surface area (Å²) < 4.78 is 5.82. The number of nitrogens with two attached hydrogens (primary N) is 2. The van der Waals surface area contributed by atoms with Crippen LogP contribution in [0.25, 0.3) is 0 Å². The Morgan fingerprint density at radius 2 is 2.07 bits per heavy atom. The molecule has 27 heavy (non-hydrogen) atoms. The van der Waals surface area contributed by atoms with Crippen molar-refractivity contribution in [3.8, 4) is 5.75 Å². The van der Waals surface area contributed by atoms with Crippen molar-refractivity contribution in [3.05, 3.63) is 59.9 Å². The van der Waals surface area contributed by atoms with Crippen LogP contribution in [0.1, 0.15) is 23.5 Å². The van der Waals surface area contributed by atoms with Gasteiger partial charge in [-0.05, 0) is 56.3 Å². The third kappa shape index (κ3) is 7.07. The molecule has 2 aromatic rings. The lowest BCUT2D eigenvalue weighted by Crippen LogP contribution is -2.26. The highest BCUT2D eigenvalue weighted by molar-refractivity contribution is 5.95. The zero-order chi connectivity index (χ0) is 19.6. The number of carbonyl (C=O) groups excluding carboxylic acids is 1. The minimum absolute atomic E-state index is 0.244. The molecule has 0 radical (unpaired) electrons. The molecule has 1 amide bonds. The van der Waals surface area contributed by atoms with Crippen LogP contribution >= 0.6 is 0 Å². The molecular weight excluding hydrogens is 342 g/mol. The van der Waals surface area contributed by atoms with Crippen LogP contribution in [0.2, 0.25) is 0 Å². The van der Waals surface area contributed by atoms with Crippen LogP contribution in [0.4, 0.5) is 0 Å². The van der Waals surface area contributed by atoms with E-state index in [-0.39, 0.29) is 11.9 Å². The largest absolute Gasteiger partial charge is 0.494 e. The van der Waals surface area contributed by atoms with E-state index in [4.69, 9.17) is 16.2 Å². The number of carbonyl (C=O) groups is 1. The number of benzene rings is 1. The van der Waals surface area contributed by atoms with Gasteiger partial charge in [0, 0.05) is 18.9 Å². The van der Waals surface area contributed by atoms with Gasteiger partial charge in [0.1, 0.15) is 5.75 Å². The Morgan fingerprint density at radius 1 is 1.26 bits per heavy atom. The Labute approximate surface area is 160 Å². The molecule has 0 aliphatic heterocycles. The molecule has 0 spiro atoms. The Morgan fingerprint density at radius 3 is 2.74 bits per heavy atom. The standard InChI is InChI=1S/C20H27N5O2/c1-25(2)10-5-11-27-17-8-3-6-15(12-17)13-18(19(26)24-20(21)22)16-7-4-9-23-14-16/h3-4,6-9,12,14,18H,5,10-11,13H2,1-2H3,(H4,21,22,24,26). The maximum absolute atomic E-state index is 12.5. The topological polar surface area (TPSA) is 107 Å². The molecule has 0 saturated carbocycles. The van der Waals surface area contributed by atoms with Crippen LogP contribution in [-0.2, 0) is 11.2 Å². The summed E-state index contributed by atoms with van der Waals surface area (Å²) in [6, 6.07) is 11.4. The quantitative estimate of drug-likeness (QED) is 0.394. The summed E-state index contributed by atoms with van der Waals surface area (Å²) in [5.74, 6) is -0.359. The molecule has 0 saturated heterocycles. The molecule has 1 heterocycles. The Balaban J connectivity index is 2.11. The molecule has 7 nitrogen and oxygen atoms in total. The van der Waals surface area contributed by atoms with Gasteiger partial charge in [0.25, 0.3) is 5.91 Å². The Bertz CT molecular complexity index is 758. The number of ether oxygens (including phenoxy) is 1. The number of nitrogens with zero attached hydrogens (tertiary/aromatic N) is 3. The van der Waals surface area contributed by atoms with Crippen molar-refractivity contribution in [1.29, 1.82) is 0 Å². The fourth-order valence-electron chi connectivity index (χ4n) is 2.70. The van der Waals surface area contributed by atoms with Crippen LogP contribution in [0, 0.1) is 0 Å². The second-order valence-electron chi connectivity index (χ2n) is 6.57. The third-order valence-electron chi connectivity index (χ3n) is 3.98. The van der Waals surface area contributed by atoms with Gasteiger partial charge in [-0.2, -0.15) is 4.99 Å². The van der Waals surface area contributed by atoms with E-state index in [9.17, 15) is 4.79 Å². The molecule has 1 unspecified atom stereocenters. The van der Waals surface area contributed by atoms with Gasteiger partial charge < -0.3 is 21.1 Å². The van der Waals surface area contributed by atoms with Crippen LogP contribution in [-0.4, -0.2) is 49.0 Å². The van der Waals surface area contributed by atoms with E-state index in [1.54, 1.807) is 18.5 Å². The van der Waals surface area contributed by atoms with Crippen molar-refractivity contribution in [2.45, 2.75) is 18.8 Å². The second-order valence-corrected chi connectivity index (χ2v) is 6.57. The Hall–Kier alpha value is -2.93. The zero-order valence-corrected chi connectivity index (χ0v) is 15.8. The molecule has 0 aliphatic rings. The van der Waals surface area contributed by atoms with Crippen molar-refractivity contribution in [3.63, 3.8) is 0 Å². The number of hydrogen-bond donors (Lipinski definition) is 2. The molecule has 1 aromatic heterocycles. The summed E-state index contributed by atoms with van der Waals surface area (Å²) in [6.07, 6.45) is 4.72. The van der Waals surface area contributed by atoms with E-state index in [0.29, 0.717) is 13.0 Å². The molecule has 1 atom stereocenters. The number of aromatic nitrogens is 1. The second kappa shape index (κ2) is 10.3. The summed E-state index contributed by atoms with van der Waals surface area (Å²) in [5.41, 5.74) is 12.5. The summed E-state index contributed by atoms with van der Waals surface area (Å²) >= 11 is 0. The van der Waals surface area contributed by atoms with E-state index >= 15 is 0 Å². The van der Waals surface area contributed by atoms with Gasteiger partial charge >= 0.3 is 0 Å². The van der Waals surface area contributed by atoms with Gasteiger partial charge in [-0.3, -0.25) is 9.78 Å². The van der Waals surface area contributed by atoms with Gasteiger partial charge in [-0.1, -0.05) is 18.2 Å². The molecule has 0 fully saturated rings. The first-order valence-electron chi connectivity index (χ1n) is 8.85. The first-order chi connectivity index (χ1) is 13.0. The lowest BCUT2D eigenvalue weighted by molar-refractivity contribution is -0.119. The summed E-state index contributed by atoms with van der Waals surface area (Å²) in [6.45, 7) is 1.61. The van der Waals surface area contributed by atoms with Crippen molar-refractivity contribution in [2.24, 2.45) is 16.5 Å². The average Bonchev–Trinajstić information content (AvgIpc) is 2.63. The lowest BCUT2D eigenvalue weighted by atomic mass is 9.92. The molecule has 4 N–H and O–H groups in total. The predicted octanol–water partition coefficient (Wildman–Crippen LogP) is 1.54. The van der Waals surface area contributed by atoms with Gasteiger partial charge in [-0.15, -0.1) is 0 Å². The first-order valence-corrected chi connectivity index (χ1v) is 8.85. The normalized spacial score (nSPS) is 11.8. The van der Waals surface area contributed by atoms with E-state index in [2.05, 4.69) is 14.9 Å². The molecule has 7 heteroatoms. The van der Waals surface area contributed by atoms with E-state index in [1.807, 2.05) is 44.4 Å². The minimum Gasteiger partial charge on any atom is -0.494 e. The summed E-state index contributed by atoms with van der Waals surface area (Å²) in [4.78, 5) is 22.4. The van der Waals surface area contributed by atoms with Crippen LogP contribution in [0.5, 0.6) is 5.75 Å². The van der Waals surface area contributed by atoms with Crippen molar-refractivity contribution >= 4 is 11.9 Å². The lowest BCUT2D eigenvalue weighted by Gasteiger charge is -2.15. The van der Waals surface area contributed by atoms with E-state index in [1.165, 1.54) is 0 Å². The molecule has 0 aliphatic carbocycles. The highest BCUT2D eigenvalue weighted by Gasteiger charge is 2.21. The zero-order valence-electron chi connectivity index (χ0n) is 15.8. The molecule has 1 aromatic carbocycles. The number of aliphatic imine (C=N–C) groups is 1. The van der Waals surface area contributed by atoms with Gasteiger partial charge in [0.05, 0.1) is 12.5 Å². The van der Waals surface area contributed by atoms with Gasteiger partial charge in [-0.25, -0.2) is 0 Å². The molecular formula is C20H27N5O2. The smallest absolute Gasteiger partial charge is 0.256 e. The molecule has 2 rings (SSSR count). The maximum atomic E-state index is 12.5. The van der Waals surface area contributed by atoms with Gasteiger partial charge in [0.15, 0.2) is 5.96 Å². The Kier molecular flexibility index (Phi) is 7.76. The fraction of sp³-hybridized carbons (Fsp3) is 0.350. The monoisotopic (exact) mass is 369 g/mol. The molecule has 144 valence electrons. The van der Waals surface area contributed by atoms with Crippen molar-refractivity contribution in [1.82, 2.24) is 9.88 Å². The predicted molar refractivity (Wildman–Crippen MR) is 107 cm³/mol. The number of rotatable bonds is 9. The van der Waals surface area contributed by atoms with Crippen molar-refractivity contribution in [2.75, 3.05) is 27.2 Å². The van der Waals surface area contributed by atoms with Crippen molar-refractivity contribution < 1.29 is 9.53 Å². The van der Waals surface area contributed by atoms with Gasteiger partial charge in [0.2, 0.25) is 0 Å². The highest BCUT2D eigenvalue weighted by Crippen LogP contribution is 2.24.